The van der Waals surface area contributed by atoms with Gasteiger partial charge in [0.25, 0.3) is 0 Å². The molecule has 1 aromatic rings. The van der Waals surface area contributed by atoms with E-state index in [1.54, 1.807) is 19.1 Å². The van der Waals surface area contributed by atoms with E-state index in [9.17, 15) is 8.42 Å². The summed E-state index contributed by atoms with van der Waals surface area (Å²) < 4.78 is 27.2. The van der Waals surface area contributed by atoms with Crippen LogP contribution >= 0.6 is 12.4 Å². The van der Waals surface area contributed by atoms with Gasteiger partial charge in [0.1, 0.15) is 0 Å². The van der Waals surface area contributed by atoms with Crippen LogP contribution in [0.4, 0.5) is 0 Å². The van der Waals surface area contributed by atoms with Gasteiger partial charge in [-0.3, -0.25) is 0 Å². The average Bonchev–Trinajstić information content (AvgIpc) is 2.47. The lowest BCUT2D eigenvalue weighted by Gasteiger charge is -2.36. The summed E-state index contributed by atoms with van der Waals surface area (Å²) in [5.74, 6) is 0. The number of nitrogens with zero attached hydrogens (tertiary/aromatic N) is 2. The van der Waals surface area contributed by atoms with Crippen molar-refractivity contribution in [1.82, 2.24) is 4.31 Å². The predicted octanol–water partition coefficient (Wildman–Crippen LogP) is 2.18. The molecule has 0 aromatic heterocycles. The molecule has 5 nitrogen and oxygen atoms in total. The van der Waals surface area contributed by atoms with E-state index in [0.29, 0.717) is 17.7 Å². The van der Waals surface area contributed by atoms with E-state index in [-0.39, 0.29) is 29.4 Å². The van der Waals surface area contributed by atoms with Gasteiger partial charge in [0.15, 0.2) is 0 Å². The summed E-state index contributed by atoms with van der Waals surface area (Å²) in [5, 5.41) is 8.95. The molecule has 0 aliphatic carbocycles. The van der Waals surface area contributed by atoms with Crippen LogP contribution in [0.2, 0.25) is 0 Å². The molecule has 1 fully saturated rings. The molecule has 0 saturated carbocycles. The van der Waals surface area contributed by atoms with Crippen LogP contribution in [0.15, 0.2) is 23.1 Å². The van der Waals surface area contributed by atoms with Gasteiger partial charge in [0.05, 0.1) is 16.5 Å². The van der Waals surface area contributed by atoms with Gasteiger partial charge in [-0.05, 0) is 50.5 Å². The zero-order chi connectivity index (χ0) is 15.6. The van der Waals surface area contributed by atoms with Gasteiger partial charge in [-0.1, -0.05) is 6.42 Å². The molecular formula is C15H22ClN3O2S. The lowest BCUT2D eigenvalue weighted by atomic mass is 10.00. The fraction of sp³-hybridized carbons (Fsp3) is 0.533. The number of nitriles is 1. The molecule has 0 bridgehead atoms. The molecule has 7 heteroatoms. The number of sulfonamides is 1. The van der Waals surface area contributed by atoms with Crippen molar-refractivity contribution in [3.63, 3.8) is 0 Å². The fourth-order valence-corrected chi connectivity index (χ4v) is 4.67. The van der Waals surface area contributed by atoms with E-state index in [4.69, 9.17) is 11.0 Å². The van der Waals surface area contributed by atoms with Crippen molar-refractivity contribution in [1.29, 1.82) is 5.26 Å². The largest absolute Gasteiger partial charge is 0.326 e. The van der Waals surface area contributed by atoms with Crippen LogP contribution in [-0.2, 0) is 10.0 Å². The van der Waals surface area contributed by atoms with E-state index in [1.807, 2.05) is 6.92 Å². The maximum absolute atomic E-state index is 12.8. The molecule has 2 atom stereocenters. The molecule has 2 N–H and O–H groups in total. The Morgan fingerprint density at radius 3 is 2.64 bits per heavy atom. The zero-order valence-electron chi connectivity index (χ0n) is 12.8. The molecule has 122 valence electrons. The third-order valence-electron chi connectivity index (χ3n) is 4.03. The number of halogens is 1. The van der Waals surface area contributed by atoms with E-state index in [1.165, 1.54) is 10.4 Å². The SMILES string of the molecule is Cc1cc(S(=O)(=O)N2CCCCC2C(C)N)ccc1C#N.Cl. The molecule has 2 rings (SSSR count). The number of hydrogen-bond acceptors (Lipinski definition) is 4. The second-order valence-electron chi connectivity index (χ2n) is 5.63. The monoisotopic (exact) mass is 343 g/mol. The van der Waals surface area contributed by atoms with Gasteiger partial charge in [-0.25, -0.2) is 8.42 Å². The lowest BCUT2D eigenvalue weighted by molar-refractivity contribution is 0.227. The van der Waals surface area contributed by atoms with Crippen molar-refractivity contribution in [2.45, 2.75) is 50.1 Å². The number of aryl methyl sites for hydroxylation is 1. The van der Waals surface area contributed by atoms with Crippen molar-refractivity contribution >= 4 is 22.4 Å². The first kappa shape index (κ1) is 18.9. The number of piperidine rings is 1. The molecule has 0 radical (unpaired) electrons. The summed E-state index contributed by atoms with van der Waals surface area (Å²) in [4.78, 5) is 0.242. The van der Waals surface area contributed by atoms with E-state index in [0.717, 1.165) is 19.3 Å². The molecule has 0 spiro atoms. The van der Waals surface area contributed by atoms with E-state index < -0.39 is 10.0 Å². The van der Waals surface area contributed by atoms with Crippen molar-refractivity contribution in [2.75, 3.05) is 6.54 Å². The Hall–Kier alpha value is -1.13. The highest BCUT2D eigenvalue weighted by Gasteiger charge is 2.35. The summed E-state index contributed by atoms with van der Waals surface area (Å²) in [7, 11) is -3.56. The topological polar surface area (TPSA) is 87.2 Å². The van der Waals surface area contributed by atoms with Crippen molar-refractivity contribution in [3.05, 3.63) is 29.3 Å². The molecule has 1 aliphatic rings. The Kier molecular flexibility index (Phi) is 6.38. The third-order valence-corrected chi connectivity index (χ3v) is 5.95. The Balaban J connectivity index is 0.00000242. The van der Waals surface area contributed by atoms with Gasteiger partial charge >= 0.3 is 0 Å². The van der Waals surface area contributed by atoms with Crippen LogP contribution in [0.5, 0.6) is 0 Å². The second kappa shape index (κ2) is 7.42. The van der Waals surface area contributed by atoms with Gasteiger partial charge < -0.3 is 5.73 Å². The molecule has 1 aromatic carbocycles. The van der Waals surface area contributed by atoms with Gasteiger partial charge in [0, 0.05) is 18.6 Å². The Morgan fingerprint density at radius 1 is 1.41 bits per heavy atom. The van der Waals surface area contributed by atoms with Crippen LogP contribution in [0.3, 0.4) is 0 Å². The minimum atomic E-state index is -3.56. The molecule has 1 aliphatic heterocycles. The Morgan fingerprint density at radius 2 is 2.09 bits per heavy atom. The van der Waals surface area contributed by atoms with Crippen molar-refractivity contribution in [2.24, 2.45) is 5.73 Å². The van der Waals surface area contributed by atoms with Crippen LogP contribution in [0, 0.1) is 18.3 Å². The number of rotatable bonds is 3. The molecule has 22 heavy (non-hydrogen) atoms. The molecule has 1 heterocycles. The first-order valence-corrected chi connectivity index (χ1v) is 8.60. The maximum atomic E-state index is 12.8. The molecule has 1 saturated heterocycles. The lowest BCUT2D eigenvalue weighted by Crippen LogP contribution is -2.51. The van der Waals surface area contributed by atoms with E-state index >= 15 is 0 Å². The smallest absolute Gasteiger partial charge is 0.243 e. The highest BCUT2D eigenvalue weighted by atomic mass is 35.5. The summed E-state index contributed by atoms with van der Waals surface area (Å²) in [6.07, 6.45) is 2.66. The Bertz CT molecular complexity index is 668. The molecule has 2 unspecified atom stereocenters. The molecular weight excluding hydrogens is 322 g/mol. The highest BCUT2D eigenvalue weighted by molar-refractivity contribution is 7.89. The summed E-state index contributed by atoms with van der Waals surface area (Å²) >= 11 is 0. The second-order valence-corrected chi connectivity index (χ2v) is 7.52. The highest BCUT2D eigenvalue weighted by Crippen LogP contribution is 2.27. The molecule has 0 amide bonds. The predicted molar refractivity (Wildman–Crippen MR) is 88.3 cm³/mol. The summed E-state index contributed by atoms with van der Waals surface area (Å²) in [5.41, 5.74) is 7.13. The van der Waals surface area contributed by atoms with Gasteiger partial charge in [-0.15, -0.1) is 12.4 Å². The Labute approximate surface area is 138 Å². The average molecular weight is 344 g/mol. The number of hydrogen-bond donors (Lipinski definition) is 1. The standard InChI is InChI=1S/C15H21N3O2S.ClH/c1-11-9-14(7-6-13(11)10-16)21(19,20)18-8-4-3-5-15(18)12(2)17;/h6-7,9,12,15H,3-5,8,17H2,1-2H3;1H. The van der Waals surface area contributed by atoms with Crippen LogP contribution in [0.25, 0.3) is 0 Å². The third kappa shape index (κ3) is 3.61. The zero-order valence-corrected chi connectivity index (χ0v) is 14.5. The summed E-state index contributed by atoms with van der Waals surface area (Å²) in [6, 6.07) is 6.34. The van der Waals surface area contributed by atoms with Crippen LogP contribution in [0.1, 0.15) is 37.3 Å². The summed E-state index contributed by atoms with van der Waals surface area (Å²) in [6.45, 7) is 4.10. The van der Waals surface area contributed by atoms with E-state index in [2.05, 4.69) is 6.07 Å². The first-order valence-electron chi connectivity index (χ1n) is 7.16. The minimum absolute atomic E-state index is 0. The minimum Gasteiger partial charge on any atom is -0.326 e. The van der Waals surface area contributed by atoms with Gasteiger partial charge in [-0.2, -0.15) is 9.57 Å². The fourth-order valence-electron chi connectivity index (χ4n) is 2.81. The number of benzene rings is 1. The van der Waals surface area contributed by atoms with Crippen molar-refractivity contribution in [3.8, 4) is 6.07 Å². The first-order chi connectivity index (χ1) is 9.87. The number of nitrogens with two attached hydrogens (primary N) is 1. The quantitative estimate of drug-likeness (QED) is 0.911. The van der Waals surface area contributed by atoms with Gasteiger partial charge in [0.2, 0.25) is 10.0 Å². The van der Waals surface area contributed by atoms with Crippen LogP contribution < -0.4 is 5.73 Å². The normalized spacial score (nSPS) is 20.7. The van der Waals surface area contributed by atoms with Crippen molar-refractivity contribution < 1.29 is 8.42 Å². The van der Waals surface area contributed by atoms with Crippen LogP contribution in [-0.4, -0.2) is 31.4 Å². The maximum Gasteiger partial charge on any atom is 0.243 e.